The van der Waals surface area contributed by atoms with Gasteiger partial charge in [-0.2, -0.15) is 5.10 Å². The van der Waals surface area contributed by atoms with Gasteiger partial charge in [0, 0.05) is 5.71 Å². The second-order valence-electron chi connectivity index (χ2n) is 6.49. The molecule has 2 rings (SSSR count). The number of carbonyl (C=O) groups excluding carboxylic acids is 1. The molecule has 1 aliphatic carbocycles. The van der Waals surface area contributed by atoms with E-state index in [1.807, 2.05) is 0 Å². The highest BCUT2D eigenvalue weighted by Crippen LogP contribution is 2.20. The van der Waals surface area contributed by atoms with Gasteiger partial charge in [-0.1, -0.05) is 37.5 Å². The van der Waals surface area contributed by atoms with Crippen LogP contribution in [0.1, 0.15) is 51.9 Å². The van der Waals surface area contributed by atoms with Crippen LogP contribution >= 0.6 is 0 Å². The third-order valence-electron chi connectivity index (χ3n) is 4.35. The Morgan fingerprint density at radius 2 is 1.64 bits per heavy atom. The molecular weight excluding hydrogens is 338 g/mol. The first-order valence-corrected chi connectivity index (χ1v) is 10.6. The number of hydrogen-bond acceptors (Lipinski definition) is 4. The fourth-order valence-corrected chi connectivity index (χ4v) is 4.21. The largest absolute Gasteiger partial charge is 0.271 e. The van der Waals surface area contributed by atoms with Gasteiger partial charge in [0.25, 0.3) is 5.91 Å². The molecule has 0 aromatic heterocycles. The lowest BCUT2D eigenvalue weighted by atomic mass is 9.99. The number of hydrazone groups is 1. The number of rotatable bonds is 5. The molecule has 1 N–H and O–H groups in total. The van der Waals surface area contributed by atoms with Crippen molar-refractivity contribution in [1.82, 2.24) is 5.43 Å². The summed E-state index contributed by atoms with van der Waals surface area (Å²) in [5, 5.41) is 4.26. The third kappa shape index (κ3) is 5.85. The van der Waals surface area contributed by atoms with Crippen LogP contribution in [0.25, 0.3) is 0 Å². The molecule has 1 aromatic carbocycles. The first-order chi connectivity index (χ1) is 11.9. The maximum Gasteiger partial charge on any atom is 0.263 e. The van der Waals surface area contributed by atoms with E-state index in [0.717, 1.165) is 42.0 Å². The van der Waals surface area contributed by atoms with Crippen molar-refractivity contribution in [3.63, 3.8) is 0 Å². The molecule has 0 radical (unpaired) electrons. The van der Waals surface area contributed by atoms with E-state index in [1.54, 1.807) is 37.3 Å². The Morgan fingerprint density at radius 3 is 2.20 bits per heavy atom. The van der Waals surface area contributed by atoms with Crippen molar-refractivity contribution in [2.45, 2.75) is 57.9 Å². The van der Waals surface area contributed by atoms with Gasteiger partial charge in [-0.05, 0) is 44.7 Å². The van der Waals surface area contributed by atoms with Crippen LogP contribution in [0.15, 0.2) is 35.4 Å². The zero-order valence-electron chi connectivity index (χ0n) is 14.9. The van der Waals surface area contributed by atoms with Gasteiger partial charge in [0.05, 0.1) is 11.9 Å². The molecule has 138 valence electrons. The van der Waals surface area contributed by atoms with Gasteiger partial charge in [-0.25, -0.2) is 13.8 Å². The Balaban J connectivity index is 2.10. The van der Waals surface area contributed by atoms with Crippen LogP contribution in [0.2, 0.25) is 0 Å². The third-order valence-corrected chi connectivity index (χ3v) is 5.60. The normalized spacial score (nSPS) is 17.1. The maximum absolute atomic E-state index is 12.5. The van der Waals surface area contributed by atoms with Crippen molar-refractivity contribution in [2.75, 3.05) is 10.6 Å². The zero-order valence-corrected chi connectivity index (χ0v) is 15.8. The molecule has 6 nitrogen and oxygen atoms in total. The number of anilines is 1. The number of nitrogens with zero attached hydrogens (tertiary/aromatic N) is 2. The van der Waals surface area contributed by atoms with Crippen LogP contribution in [0.3, 0.4) is 0 Å². The molecule has 0 heterocycles. The van der Waals surface area contributed by atoms with Crippen LogP contribution in [0.5, 0.6) is 0 Å². The average Bonchev–Trinajstić information content (AvgIpc) is 2.53. The van der Waals surface area contributed by atoms with E-state index < -0.39 is 22.0 Å². The summed E-state index contributed by atoms with van der Waals surface area (Å²) in [6, 6.07) is 7.75. The van der Waals surface area contributed by atoms with Crippen molar-refractivity contribution in [2.24, 2.45) is 5.10 Å². The molecule has 1 fully saturated rings. The van der Waals surface area contributed by atoms with Crippen LogP contribution in [0, 0.1) is 0 Å². The molecule has 1 saturated carbocycles. The van der Waals surface area contributed by atoms with Crippen molar-refractivity contribution in [3.8, 4) is 0 Å². The van der Waals surface area contributed by atoms with Gasteiger partial charge in [-0.3, -0.25) is 9.10 Å². The first-order valence-electron chi connectivity index (χ1n) is 8.79. The quantitative estimate of drug-likeness (QED) is 0.815. The fourth-order valence-electron chi connectivity index (χ4n) is 3.04. The topological polar surface area (TPSA) is 78.8 Å². The van der Waals surface area contributed by atoms with E-state index in [-0.39, 0.29) is 0 Å². The van der Waals surface area contributed by atoms with Crippen LogP contribution in [-0.4, -0.2) is 32.3 Å². The summed E-state index contributed by atoms with van der Waals surface area (Å²) in [6.07, 6.45) is 8.71. The predicted octanol–water partition coefficient (Wildman–Crippen LogP) is 3.06. The minimum absolute atomic E-state index is 0.427. The summed E-state index contributed by atoms with van der Waals surface area (Å²) in [4.78, 5) is 12.5. The Morgan fingerprint density at radius 1 is 1.08 bits per heavy atom. The highest BCUT2D eigenvalue weighted by molar-refractivity contribution is 7.92. The molecule has 0 spiro atoms. The molecule has 7 heteroatoms. The average molecular weight is 365 g/mol. The number of hydrogen-bond donors (Lipinski definition) is 1. The number of benzene rings is 1. The number of sulfonamides is 1. The summed E-state index contributed by atoms with van der Waals surface area (Å²) in [5.41, 5.74) is 4.02. The van der Waals surface area contributed by atoms with E-state index in [0.29, 0.717) is 5.69 Å². The summed E-state index contributed by atoms with van der Waals surface area (Å²) < 4.78 is 25.5. The molecule has 0 aliphatic heterocycles. The highest BCUT2D eigenvalue weighted by atomic mass is 32.2. The second kappa shape index (κ2) is 8.99. The van der Waals surface area contributed by atoms with Gasteiger partial charge >= 0.3 is 0 Å². The Kier molecular flexibility index (Phi) is 6.99. The van der Waals surface area contributed by atoms with Gasteiger partial charge in [0.1, 0.15) is 6.04 Å². The highest BCUT2D eigenvalue weighted by Gasteiger charge is 2.28. The summed E-state index contributed by atoms with van der Waals surface area (Å²) in [7, 11) is -3.59. The molecule has 0 bridgehead atoms. The van der Waals surface area contributed by atoms with Gasteiger partial charge in [-0.15, -0.1) is 0 Å². The van der Waals surface area contributed by atoms with Crippen molar-refractivity contribution in [3.05, 3.63) is 30.3 Å². The molecule has 25 heavy (non-hydrogen) atoms. The summed E-state index contributed by atoms with van der Waals surface area (Å²) >= 11 is 0. The fraction of sp³-hybridized carbons (Fsp3) is 0.556. The van der Waals surface area contributed by atoms with Gasteiger partial charge in [0.2, 0.25) is 10.0 Å². The van der Waals surface area contributed by atoms with Crippen molar-refractivity contribution in [1.29, 1.82) is 0 Å². The summed E-state index contributed by atoms with van der Waals surface area (Å²) in [6.45, 7) is 1.57. The Bertz CT molecular complexity index is 692. The molecule has 0 unspecified atom stereocenters. The number of amides is 1. The summed E-state index contributed by atoms with van der Waals surface area (Å²) in [5.74, 6) is -0.427. The van der Waals surface area contributed by atoms with Gasteiger partial charge < -0.3 is 0 Å². The van der Waals surface area contributed by atoms with Crippen LogP contribution in [0.4, 0.5) is 5.69 Å². The van der Waals surface area contributed by atoms with Crippen LogP contribution < -0.4 is 9.73 Å². The Hall–Kier alpha value is -1.89. The number of nitrogens with one attached hydrogen (secondary N) is 1. The molecule has 1 aromatic rings. The molecule has 1 atom stereocenters. The number of para-hydroxylation sites is 1. The monoisotopic (exact) mass is 365 g/mol. The lowest BCUT2D eigenvalue weighted by molar-refractivity contribution is -0.121. The molecular formula is C18H27N3O3S. The van der Waals surface area contributed by atoms with Gasteiger partial charge in [0.15, 0.2) is 0 Å². The first kappa shape index (κ1) is 19.4. The van der Waals surface area contributed by atoms with E-state index in [4.69, 9.17) is 0 Å². The van der Waals surface area contributed by atoms with E-state index in [9.17, 15) is 13.2 Å². The van der Waals surface area contributed by atoms with Crippen molar-refractivity contribution < 1.29 is 13.2 Å². The lowest BCUT2D eigenvalue weighted by Gasteiger charge is -2.27. The molecule has 1 aliphatic rings. The molecule has 0 saturated heterocycles. The molecule has 1 amide bonds. The standard InChI is InChI=1S/C18H27N3O3S/c1-15(21(25(2,23)24)17-13-9-6-10-14-17)18(22)20-19-16-11-7-4-3-5-8-12-16/h6,9-10,13-15H,3-5,7-8,11-12H2,1-2H3,(H,20,22)/t15-/m1/s1. The van der Waals surface area contributed by atoms with Crippen molar-refractivity contribution >= 4 is 27.3 Å². The van der Waals surface area contributed by atoms with E-state index in [2.05, 4.69) is 10.5 Å². The predicted molar refractivity (Wildman–Crippen MR) is 101 cm³/mol. The minimum Gasteiger partial charge on any atom is -0.271 e. The van der Waals surface area contributed by atoms with Crippen LogP contribution in [-0.2, 0) is 14.8 Å². The van der Waals surface area contributed by atoms with E-state index in [1.165, 1.54) is 19.3 Å². The van der Waals surface area contributed by atoms with E-state index >= 15 is 0 Å². The minimum atomic E-state index is -3.59. The number of carbonyl (C=O) groups is 1. The Labute approximate surface area is 150 Å². The SMILES string of the molecule is C[C@H](C(=O)NN=C1CCCCCCC1)N(c1ccccc1)S(C)(=O)=O. The smallest absolute Gasteiger partial charge is 0.263 e. The lowest BCUT2D eigenvalue weighted by Crippen LogP contribution is -2.46. The maximum atomic E-state index is 12.5. The zero-order chi connectivity index (χ0) is 18.3. The second-order valence-corrected chi connectivity index (χ2v) is 8.35.